The molecule has 0 heterocycles. The molecule has 0 aliphatic heterocycles. The molecule has 0 unspecified atom stereocenters. The first-order valence-corrected chi connectivity index (χ1v) is 13.5. The Balaban J connectivity index is 2.02. The summed E-state index contributed by atoms with van der Waals surface area (Å²) < 4.78 is 15.9. The van der Waals surface area contributed by atoms with E-state index in [0.717, 1.165) is 63.0 Å². The van der Waals surface area contributed by atoms with E-state index in [1.54, 1.807) is 0 Å². The molecule has 0 saturated heterocycles. The van der Waals surface area contributed by atoms with Crippen LogP contribution in [0.5, 0.6) is 17.2 Å². The van der Waals surface area contributed by atoms with Crippen LogP contribution in [0.2, 0.25) is 0 Å². The normalized spacial score (nSPS) is 10.8. The van der Waals surface area contributed by atoms with Gasteiger partial charge in [0.2, 0.25) is 0 Å². The Morgan fingerprint density at radius 2 is 1.50 bits per heavy atom. The summed E-state index contributed by atoms with van der Waals surface area (Å²) in [6.45, 7) is 3.19. The van der Waals surface area contributed by atoms with E-state index < -0.39 is 5.97 Å². The molecule has 6 nitrogen and oxygen atoms in total. The highest BCUT2D eigenvalue weighted by atomic mass is 127. The number of nitrogens with two attached hydrogens (primary N) is 1. The Morgan fingerprint density at radius 3 is 2.07 bits per heavy atom. The van der Waals surface area contributed by atoms with E-state index in [4.69, 9.17) is 20.3 Å². The SMILES string of the molecule is NCCCNCCCOc1c(I)cc(Oc2c(I)cc(CC(=O)O)cc2I)cc1I. The minimum atomic E-state index is -0.846. The maximum Gasteiger partial charge on any atom is 0.307 e. The smallest absolute Gasteiger partial charge is 0.307 e. The summed E-state index contributed by atoms with van der Waals surface area (Å²) in [6, 6.07) is 7.60. The first kappa shape index (κ1) is 26.6. The van der Waals surface area contributed by atoms with Crippen LogP contribution in [0.25, 0.3) is 0 Å². The fourth-order valence-electron chi connectivity index (χ4n) is 2.56. The third kappa shape index (κ3) is 8.71. The van der Waals surface area contributed by atoms with E-state index in [0.29, 0.717) is 13.2 Å². The van der Waals surface area contributed by atoms with E-state index >= 15 is 0 Å². The van der Waals surface area contributed by atoms with Crippen LogP contribution in [0.4, 0.5) is 0 Å². The number of carboxylic acids is 1. The van der Waals surface area contributed by atoms with Crippen molar-refractivity contribution in [3.63, 3.8) is 0 Å². The molecule has 2 aromatic rings. The molecule has 0 fully saturated rings. The van der Waals surface area contributed by atoms with Crippen molar-refractivity contribution in [2.75, 3.05) is 26.2 Å². The molecule has 0 spiro atoms. The van der Waals surface area contributed by atoms with Crippen LogP contribution in [-0.4, -0.2) is 37.3 Å². The number of carboxylic acid groups (broad SMARTS) is 1. The van der Waals surface area contributed by atoms with Gasteiger partial charge in [-0.3, -0.25) is 4.79 Å². The van der Waals surface area contributed by atoms with Crippen LogP contribution in [0.15, 0.2) is 24.3 Å². The molecule has 4 N–H and O–H groups in total. The first-order valence-electron chi connectivity index (χ1n) is 9.22. The molecule has 2 aromatic carbocycles. The van der Waals surface area contributed by atoms with Gasteiger partial charge in [0.25, 0.3) is 0 Å². The largest absolute Gasteiger partial charge is 0.491 e. The quantitative estimate of drug-likeness (QED) is 0.200. The van der Waals surface area contributed by atoms with Crippen molar-refractivity contribution in [3.05, 3.63) is 44.1 Å². The van der Waals surface area contributed by atoms with Gasteiger partial charge in [-0.2, -0.15) is 0 Å². The summed E-state index contributed by atoms with van der Waals surface area (Å²) >= 11 is 8.88. The Bertz CT molecular complexity index is 834. The van der Waals surface area contributed by atoms with Crippen molar-refractivity contribution < 1.29 is 19.4 Å². The number of nitrogens with one attached hydrogen (secondary N) is 1. The summed E-state index contributed by atoms with van der Waals surface area (Å²) in [6.07, 6.45) is 1.91. The van der Waals surface area contributed by atoms with Gasteiger partial charge in [0.05, 0.1) is 27.3 Å². The Labute approximate surface area is 231 Å². The Hall–Kier alpha value is 0.350. The minimum absolute atomic E-state index is 0.00332. The first-order chi connectivity index (χ1) is 14.3. The third-order valence-electron chi connectivity index (χ3n) is 3.91. The zero-order valence-electron chi connectivity index (χ0n) is 16.0. The summed E-state index contributed by atoms with van der Waals surface area (Å²) in [4.78, 5) is 11.0. The standard InChI is InChI=1S/C20H22I4N2O4/c21-14-7-12(9-18(27)28)8-15(22)20(14)30-13-10-16(23)19(17(24)11-13)29-6-2-5-26-4-1-3-25/h7-8,10-11,26H,1-6,9,25H2,(H,27,28). The van der Waals surface area contributed by atoms with Gasteiger partial charge in [-0.15, -0.1) is 0 Å². The molecule has 0 atom stereocenters. The monoisotopic (exact) mass is 862 g/mol. The topological polar surface area (TPSA) is 93.8 Å². The molecule has 0 radical (unpaired) electrons. The summed E-state index contributed by atoms with van der Waals surface area (Å²) in [5.74, 6) is 1.48. The number of benzene rings is 2. The lowest BCUT2D eigenvalue weighted by molar-refractivity contribution is -0.136. The maximum atomic E-state index is 11.0. The predicted molar refractivity (Wildman–Crippen MR) is 152 cm³/mol. The van der Waals surface area contributed by atoms with Gasteiger partial charge in [-0.25, -0.2) is 0 Å². The highest BCUT2D eigenvalue weighted by Gasteiger charge is 2.15. The number of halogens is 4. The van der Waals surface area contributed by atoms with Gasteiger partial charge in [-0.05, 0) is 153 Å². The zero-order chi connectivity index (χ0) is 22.1. The maximum absolute atomic E-state index is 11.0. The minimum Gasteiger partial charge on any atom is -0.491 e. The van der Waals surface area contributed by atoms with E-state index in [2.05, 4.69) is 95.7 Å². The summed E-state index contributed by atoms with van der Waals surface area (Å²) in [5.41, 5.74) is 6.24. The van der Waals surface area contributed by atoms with Crippen molar-refractivity contribution in [2.45, 2.75) is 19.3 Å². The van der Waals surface area contributed by atoms with Crippen molar-refractivity contribution in [1.29, 1.82) is 0 Å². The summed E-state index contributed by atoms with van der Waals surface area (Å²) in [5, 5.41) is 12.4. The van der Waals surface area contributed by atoms with Gasteiger partial charge >= 0.3 is 5.97 Å². The molecule has 0 aliphatic rings. The molecule has 0 aliphatic carbocycles. The van der Waals surface area contributed by atoms with Gasteiger partial charge in [0, 0.05) is 0 Å². The predicted octanol–water partition coefficient (Wildman–Crippen LogP) is 5.23. The molecule has 0 bridgehead atoms. The number of hydrogen-bond acceptors (Lipinski definition) is 5. The van der Waals surface area contributed by atoms with Crippen LogP contribution < -0.4 is 20.5 Å². The number of carbonyl (C=O) groups is 1. The van der Waals surface area contributed by atoms with Crippen molar-refractivity contribution in [2.24, 2.45) is 5.73 Å². The number of hydrogen-bond donors (Lipinski definition) is 3. The lowest BCUT2D eigenvalue weighted by Gasteiger charge is -2.15. The fourth-order valence-corrected chi connectivity index (χ4v) is 6.70. The van der Waals surface area contributed by atoms with Gasteiger partial charge < -0.3 is 25.6 Å². The van der Waals surface area contributed by atoms with Crippen LogP contribution in [0.1, 0.15) is 18.4 Å². The fraction of sp³-hybridized carbons (Fsp3) is 0.350. The van der Waals surface area contributed by atoms with E-state index in [-0.39, 0.29) is 6.42 Å². The van der Waals surface area contributed by atoms with Crippen LogP contribution in [-0.2, 0) is 11.2 Å². The number of ether oxygens (including phenoxy) is 2. The van der Waals surface area contributed by atoms with Crippen molar-refractivity contribution in [1.82, 2.24) is 5.32 Å². The molecular weight excluding hydrogens is 840 g/mol. The molecule has 10 heteroatoms. The van der Waals surface area contributed by atoms with Crippen LogP contribution in [0, 0.1) is 14.3 Å². The van der Waals surface area contributed by atoms with Crippen LogP contribution >= 0.6 is 90.4 Å². The average molecular weight is 862 g/mol. The molecule has 30 heavy (non-hydrogen) atoms. The molecule has 0 aromatic heterocycles. The van der Waals surface area contributed by atoms with Crippen molar-refractivity contribution >= 4 is 96.3 Å². The Morgan fingerprint density at radius 1 is 0.933 bits per heavy atom. The molecule has 2 rings (SSSR count). The second-order valence-electron chi connectivity index (χ2n) is 6.37. The third-order valence-corrected chi connectivity index (χ3v) is 7.11. The number of rotatable bonds is 12. The second kappa shape index (κ2) is 13.8. The highest BCUT2D eigenvalue weighted by Crippen LogP contribution is 2.37. The van der Waals surface area contributed by atoms with Gasteiger partial charge in [-0.1, -0.05) is 0 Å². The molecule has 0 saturated carbocycles. The lowest BCUT2D eigenvalue weighted by Crippen LogP contribution is -2.21. The molecular formula is C20H22I4N2O4. The molecule has 0 amide bonds. The van der Waals surface area contributed by atoms with E-state index in [9.17, 15) is 4.79 Å². The summed E-state index contributed by atoms with van der Waals surface area (Å²) in [7, 11) is 0. The molecule has 164 valence electrons. The van der Waals surface area contributed by atoms with Gasteiger partial charge in [0.1, 0.15) is 11.5 Å². The highest BCUT2D eigenvalue weighted by molar-refractivity contribution is 14.1. The van der Waals surface area contributed by atoms with E-state index in [1.165, 1.54) is 0 Å². The van der Waals surface area contributed by atoms with Crippen LogP contribution in [0.3, 0.4) is 0 Å². The van der Waals surface area contributed by atoms with E-state index in [1.807, 2.05) is 24.3 Å². The van der Waals surface area contributed by atoms with Crippen molar-refractivity contribution in [3.8, 4) is 17.2 Å². The zero-order valence-corrected chi connectivity index (χ0v) is 24.7. The Kier molecular flexibility index (Phi) is 12.2. The second-order valence-corrected chi connectivity index (χ2v) is 11.0. The number of aliphatic carboxylic acids is 1. The lowest BCUT2D eigenvalue weighted by atomic mass is 10.1. The average Bonchev–Trinajstić information content (AvgIpc) is 2.65. The van der Waals surface area contributed by atoms with Gasteiger partial charge in [0.15, 0.2) is 5.75 Å².